The van der Waals surface area contributed by atoms with Crippen molar-refractivity contribution in [3.8, 4) is 0 Å². The number of amides is 1. The molecule has 0 aliphatic carbocycles. The Balaban J connectivity index is 1.85. The summed E-state index contributed by atoms with van der Waals surface area (Å²) in [5, 5.41) is 9.04. The largest absolute Gasteiger partial charge is 0.370 e. The number of aryl methyl sites for hydroxylation is 1. The van der Waals surface area contributed by atoms with Crippen LogP contribution in [0.5, 0.6) is 0 Å². The van der Waals surface area contributed by atoms with Crippen molar-refractivity contribution < 1.29 is 9.18 Å². The molecule has 1 heterocycles. The lowest BCUT2D eigenvalue weighted by Gasteiger charge is -2.10. The van der Waals surface area contributed by atoms with Crippen LogP contribution in [0.1, 0.15) is 23.1 Å². The highest BCUT2D eigenvalue weighted by Gasteiger charge is 2.10. The number of rotatable bonds is 7. The Labute approximate surface area is 144 Å². The predicted octanol–water partition coefficient (Wildman–Crippen LogP) is 2.85. The van der Waals surface area contributed by atoms with Crippen molar-refractivity contribution in [3.63, 3.8) is 0 Å². The Bertz CT molecular complexity index is 726. The van der Waals surface area contributed by atoms with Crippen LogP contribution in [0.25, 0.3) is 0 Å². The van der Waals surface area contributed by atoms with Crippen LogP contribution >= 0.6 is 11.6 Å². The summed E-state index contributed by atoms with van der Waals surface area (Å²) in [5.41, 5.74) is 0.241. The first-order valence-electron chi connectivity index (χ1n) is 7.56. The molecule has 0 saturated carbocycles. The highest BCUT2D eigenvalue weighted by atomic mass is 35.5. The number of nitrogens with zero attached hydrogens (tertiary/aromatic N) is 2. The Morgan fingerprint density at radius 2 is 1.88 bits per heavy atom. The van der Waals surface area contributed by atoms with Gasteiger partial charge in [-0.1, -0.05) is 11.6 Å². The van der Waals surface area contributed by atoms with Crippen molar-refractivity contribution in [1.82, 2.24) is 15.3 Å². The highest BCUT2D eigenvalue weighted by Crippen LogP contribution is 2.17. The fourth-order valence-corrected chi connectivity index (χ4v) is 2.32. The van der Waals surface area contributed by atoms with Crippen molar-refractivity contribution >= 4 is 29.1 Å². The molecule has 0 aliphatic rings. The summed E-state index contributed by atoms with van der Waals surface area (Å²) < 4.78 is 13.0. The second-order valence-corrected chi connectivity index (χ2v) is 5.43. The van der Waals surface area contributed by atoms with Gasteiger partial charge in [0.05, 0.1) is 10.6 Å². The zero-order valence-corrected chi connectivity index (χ0v) is 14.2. The monoisotopic (exact) mass is 351 g/mol. The van der Waals surface area contributed by atoms with Gasteiger partial charge in [-0.15, -0.1) is 0 Å². The third-order valence-corrected chi connectivity index (χ3v) is 3.40. The Morgan fingerprint density at radius 3 is 2.54 bits per heavy atom. The van der Waals surface area contributed by atoms with E-state index < -0.39 is 5.82 Å². The average molecular weight is 352 g/mol. The van der Waals surface area contributed by atoms with Crippen LogP contribution < -0.4 is 16.0 Å². The van der Waals surface area contributed by atoms with E-state index in [0.717, 1.165) is 18.4 Å². The van der Waals surface area contributed by atoms with Crippen LogP contribution in [0.2, 0.25) is 5.02 Å². The minimum atomic E-state index is -0.478. The molecule has 1 aromatic heterocycles. The number of benzene rings is 1. The van der Waals surface area contributed by atoms with Crippen molar-refractivity contribution in [2.45, 2.75) is 13.8 Å². The fourth-order valence-electron chi connectivity index (χ4n) is 2.07. The smallest absolute Gasteiger partial charge is 0.252 e. The number of carbonyl (C=O) groups excluding carboxylic acids is 1. The van der Waals surface area contributed by atoms with Gasteiger partial charge in [0.2, 0.25) is 0 Å². The third kappa shape index (κ3) is 5.06. The number of carbonyl (C=O) groups is 1. The number of hydrogen-bond acceptors (Lipinski definition) is 5. The summed E-state index contributed by atoms with van der Waals surface area (Å²) in [7, 11) is 0. The van der Waals surface area contributed by atoms with Gasteiger partial charge in [-0.3, -0.25) is 4.79 Å². The minimum absolute atomic E-state index is 0.0853. The molecule has 24 heavy (non-hydrogen) atoms. The van der Waals surface area contributed by atoms with E-state index in [1.165, 1.54) is 12.1 Å². The van der Waals surface area contributed by atoms with Gasteiger partial charge in [-0.25, -0.2) is 14.4 Å². The van der Waals surface area contributed by atoms with Crippen LogP contribution in [-0.4, -0.2) is 35.5 Å². The number of hydrogen-bond donors (Lipinski definition) is 3. The van der Waals surface area contributed by atoms with Crippen molar-refractivity contribution in [3.05, 3.63) is 46.5 Å². The standard InChI is InChI=1S/C16H19ClFN5O/c1-3-19-14-9-15(23-10(2)22-14)20-6-7-21-16(24)12-5-4-11(18)8-13(12)17/h4-5,8-9H,3,6-7H2,1-2H3,(H,21,24)(H2,19,20,22,23). The molecule has 128 valence electrons. The maximum Gasteiger partial charge on any atom is 0.252 e. The Hall–Kier alpha value is -2.41. The van der Waals surface area contributed by atoms with E-state index in [2.05, 4.69) is 25.9 Å². The van der Waals surface area contributed by atoms with Crippen LogP contribution in [0.15, 0.2) is 24.3 Å². The molecule has 1 aromatic carbocycles. The molecular weight excluding hydrogens is 333 g/mol. The van der Waals surface area contributed by atoms with E-state index >= 15 is 0 Å². The quantitative estimate of drug-likeness (QED) is 0.668. The van der Waals surface area contributed by atoms with E-state index in [1.807, 2.05) is 13.8 Å². The summed E-state index contributed by atoms with van der Waals surface area (Å²) in [6, 6.07) is 5.47. The molecule has 1 amide bonds. The first kappa shape index (κ1) is 17.9. The van der Waals surface area contributed by atoms with Gasteiger partial charge < -0.3 is 16.0 Å². The lowest BCUT2D eigenvalue weighted by molar-refractivity contribution is 0.0955. The average Bonchev–Trinajstić information content (AvgIpc) is 2.51. The lowest BCUT2D eigenvalue weighted by Crippen LogP contribution is -2.29. The maximum absolute atomic E-state index is 13.0. The second-order valence-electron chi connectivity index (χ2n) is 5.02. The molecular formula is C16H19ClFN5O. The molecule has 0 aliphatic heterocycles. The first-order valence-corrected chi connectivity index (χ1v) is 7.94. The van der Waals surface area contributed by atoms with Crippen molar-refractivity contribution in [2.24, 2.45) is 0 Å². The van der Waals surface area contributed by atoms with Crippen molar-refractivity contribution in [2.75, 3.05) is 30.3 Å². The molecule has 0 radical (unpaired) electrons. The molecule has 0 spiro atoms. The molecule has 3 N–H and O–H groups in total. The highest BCUT2D eigenvalue weighted by molar-refractivity contribution is 6.33. The number of aromatic nitrogens is 2. The van der Waals surface area contributed by atoms with Crippen LogP contribution in [0.3, 0.4) is 0 Å². The Kier molecular flexibility index (Phi) is 6.31. The molecule has 2 rings (SSSR count). The molecule has 0 fully saturated rings. The molecule has 6 nitrogen and oxygen atoms in total. The normalized spacial score (nSPS) is 10.3. The van der Waals surface area contributed by atoms with E-state index in [9.17, 15) is 9.18 Å². The SMILES string of the molecule is CCNc1cc(NCCNC(=O)c2ccc(F)cc2Cl)nc(C)n1. The third-order valence-electron chi connectivity index (χ3n) is 3.09. The number of anilines is 2. The Morgan fingerprint density at radius 1 is 1.17 bits per heavy atom. The van der Waals surface area contributed by atoms with E-state index in [4.69, 9.17) is 11.6 Å². The maximum atomic E-state index is 13.0. The predicted molar refractivity (Wildman–Crippen MR) is 93.2 cm³/mol. The van der Waals surface area contributed by atoms with E-state index in [0.29, 0.717) is 24.7 Å². The molecule has 0 saturated heterocycles. The summed E-state index contributed by atoms with van der Waals surface area (Å²) in [4.78, 5) is 20.5. The van der Waals surface area contributed by atoms with Gasteiger partial charge in [-0.2, -0.15) is 0 Å². The van der Waals surface area contributed by atoms with Gasteiger partial charge in [-0.05, 0) is 32.0 Å². The van der Waals surface area contributed by atoms with Crippen molar-refractivity contribution in [1.29, 1.82) is 0 Å². The summed E-state index contributed by atoms with van der Waals surface area (Å²) in [6.07, 6.45) is 0. The fraction of sp³-hybridized carbons (Fsp3) is 0.312. The first-order chi connectivity index (χ1) is 11.5. The molecule has 8 heteroatoms. The molecule has 0 unspecified atom stereocenters. The van der Waals surface area contributed by atoms with Crippen LogP contribution in [0.4, 0.5) is 16.0 Å². The molecule has 0 bridgehead atoms. The van der Waals surface area contributed by atoms with E-state index in [1.54, 1.807) is 6.07 Å². The minimum Gasteiger partial charge on any atom is -0.370 e. The number of nitrogens with one attached hydrogen (secondary N) is 3. The topological polar surface area (TPSA) is 78.9 Å². The van der Waals surface area contributed by atoms with Gasteiger partial charge >= 0.3 is 0 Å². The van der Waals surface area contributed by atoms with Gasteiger partial charge in [0.1, 0.15) is 23.3 Å². The van der Waals surface area contributed by atoms with Gasteiger partial charge in [0.15, 0.2) is 0 Å². The summed E-state index contributed by atoms with van der Waals surface area (Å²) in [5.74, 6) is 1.24. The molecule has 0 atom stereocenters. The summed E-state index contributed by atoms with van der Waals surface area (Å²) >= 11 is 5.86. The second kappa shape index (κ2) is 8.44. The van der Waals surface area contributed by atoms with E-state index in [-0.39, 0.29) is 16.5 Å². The van der Waals surface area contributed by atoms with Crippen LogP contribution in [-0.2, 0) is 0 Å². The lowest BCUT2D eigenvalue weighted by atomic mass is 10.2. The van der Waals surface area contributed by atoms with Gasteiger partial charge in [0.25, 0.3) is 5.91 Å². The van der Waals surface area contributed by atoms with Gasteiger partial charge in [0, 0.05) is 25.7 Å². The number of halogens is 2. The summed E-state index contributed by atoms with van der Waals surface area (Å²) in [6.45, 7) is 5.41. The van der Waals surface area contributed by atoms with Crippen LogP contribution in [0, 0.1) is 12.7 Å². The zero-order chi connectivity index (χ0) is 17.5. The molecule has 2 aromatic rings. The zero-order valence-electron chi connectivity index (χ0n) is 13.5.